The highest BCUT2D eigenvalue weighted by atomic mass is 19.4. The standard InChI is InChI=1S/C16H17F3N2O3/c17-16(18,19)23-13-3-1-10(2-4-13)7-12-8-11(5-6-20-12)14-9-15(22)21-24-14/h1-4,9,11-12,20H,5-8H2,(H,21,22)/t11-,12-/m0/s1. The first-order valence-corrected chi connectivity index (χ1v) is 7.65. The number of hydrogen-bond acceptors (Lipinski definition) is 4. The van der Waals surface area contributed by atoms with Gasteiger partial charge in [0.15, 0.2) is 0 Å². The van der Waals surface area contributed by atoms with E-state index in [1.807, 2.05) is 0 Å². The highest BCUT2D eigenvalue weighted by molar-refractivity contribution is 5.28. The lowest BCUT2D eigenvalue weighted by Gasteiger charge is -2.29. The third-order valence-corrected chi connectivity index (χ3v) is 4.08. The minimum Gasteiger partial charge on any atom is -0.406 e. The van der Waals surface area contributed by atoms with E-state index in [4.69, 9.17) is 4.52 Å². The van der Waals surface area contributed by atoms with Crippen molar-refractivity contribution in [3.8, 4) is 5.75 Å². The quantitative estimate of drug-likeness (QED) is 0.896. The molecule has 2 aromatic rings. The summed E-state index contributed by atoms with van der Waals surface area (Å²) >= 11 is 0. The Kier molecular flexibility index (Phi) is 4.66. The van der Waals surface area contributed by atoms with Crippen molar-refractivity contribution in [3.05, 3.63) is 52.0 Å². The van der Waals surface area contributed by atoms with E-state index in [0.717, 1.165) is 24.9 Å². The summed E-state index contributed by atoms with van der Waals surface area (Å²) in [6.45, 7) is 0.791. The van der Waals surface area contributed by atoms with Gasteiger partial charge < -0.3 is 14.6 Å². The van der Waals surface area contributed by atoms with Gasteiger partial charge in [-0.1, -0.05) is 12.1 Å². The zero-order valence-corrected chi connectivity index (χ0v) is 12.7. The molecule has 1 aromatic carbocycles. The van der Waals surface area contributed by atoms with Crippen molar-refractivity contribution in [1.82, 2.24) is 10.5 Å². The van der Waals surface area contributed by atoms with Crippen molar-refractivity contribution in [2.75, 3.05) is 6.54 Å². The fourth-order valence-electron chi connectivity index (χ4n) is 3.03. The van der Waals surface area contributed by atoms with E-state index < -0.39 is 6.36 Å². The second-order valence-electron chi connectivity index (χ2n) is 5.88. The maximum Gasteiger partial charge on any atom is 0.573 e. The highest BCUT2D eigenvalue weighted by Gasteiger charge is 2.31. The molecule has 0 saturated carbocycles. The first-order valence-electron chi connectivity index (χ1n) is 7.65. The van der Waals surface area contributed by atoms with Crippen LogP contribution in [0, 0.1) is 0 Å². The molecule has 0 aliphatic carbocycles. The number of piperidine rings is 1. The average molecular weight is 342 g/mol. The number of ether oxygens (including phenoxy) is 1. The van der Waals surface area contributed by atoms with Gasteiger partial charge >= 0.3 is 6.36 Å². The molecule has 0 spiro atoms. The van der Waals surface area contributed by atoms with E-state index in [2.05, 4.69) is 15.2 Å². The SMILES string of the molecule is O=c1cc([C@H]2CCN[C@@H](Cc3ccc(OC(F)(F)F)cc3)C2)o[nH]1. The van der Waals surface area contributed by atoms with Crippen molar-refractivity contribution < 1.29 is 22.4 Å². The Morgan fingerprint density at radius 3 is 2.62 bits per heavy atom. The van der Waals surface area contributed by atoms with Gasteiger partial charge in [-0.15, -0.1) is 13.2 Å². The normalized spacial score (nSPS) is 21.6. The Labute approximate surface area is 135 Å². The van der Waals surface area contributed by atoms with Crippen LogP contribution < -0.4 is 15.6 Å². The van der Waals surface area contributed by atoms with Gasteiger partial charge in [0, 0.05) is 18.0 Å². The molecule has 8 heteroatoms. The number of H-pyrrole nitrogens is 1. The van der Waals surface area contributed by atoms with Crippen LogP contribution in [0.3, 0.4) is 0 Å². The maximum atomic E-state index is 12.2. The van der Waals surface area contributed by atoms with Crippen LogP contribution in [0.1, 0.15) is 30.1 Å². The zero-order chi connectivity index (χ0) is 17.2. The van der Waals surface area contributed by atoms with Crippen LogP contribution in [0.2, 0.25) is 0 Å². The monoisotopic (exact) mass is 342 g/mol. The second-order valence-corrected chi connectivity index (χ2v) is 5.88. The van der Waals surface area contributed by atoms with Crippen LogP contribution in [0.4, 0.5) is 13.2 Å². The molecule has 3 rings (SSSR count). The molecule has 0 radical (unpaired) electrons. The highest BCUT2D eigenvalue weighted by Crippen LogP contribution is 2.28. The van der Waals surface area contributed by atoms with Crippen LogP contribution in [-0.4, -0.2) is 24.1 Å². The van der Waals surface area contributed by atoms with E-state index >= 15 is 0 Å². The maximum absolute atomic E-state index is 12.2. The number of aromatic amines is 1. The molecule has 2 N–H and O–H groups in total. The van der Waals surface area contributed by atoms with Crippen LogP contribution in [0.25, 0.3) is 0 Å². The van der Waals surface area contributed by atoms with Gasteiger partial charge in [-0.05, 0) is 43.5 Å². The number of halogens is 3. The van der Waals surface area contributed by atoms with Gasteiger partial charge in [0.05, 0.1) is 0 Å². The molecular formula is C16H17F3N2O3. The molecule has 0 amide bonds. The molecule has 0 bridgehead atoms. The lowest BCUT2D eigenvalue weighted by Crippen LogP contribution is -2.38. The first-order chi connectivity index (χ1) is 11.4. The molecule has 1 aliphatic rings. The topological polar surface area (TPSA) is 67.3 Å². The second kappa shape index (κ2) is 6.72. The van der Waals surface area contributed by atoms with E-state index in [-0.39, 0.29) is 23.3 Å². The molecule has 0 unspecified atom stereocenters. The van der Waals surface area contributed by atoms with Gasteiger partial charge in [0.2, 0.25) is 0 Å². The minimum absolute atomic E-state index is 0.156. The van der Waals surface area contributed by atoms with Gasteiger partial charge in [-0.3, -0.25) is 4.79 Å². The van der Waals surface area contributed by atoms with Gasteiger partial charge in [-0.2, -0.15) is 5.16 Å². The van der Waals surface area contributed by atoms with E-state index in [0.29, 0.717) is 12.2 Å². The Hall–Kier alpha value is -2.22. The summed E-state index contributed by atoms with van der Waals surface area (Å²) in [7, 11) is 0. The number of aromatic nitrogens is 1. The van der Waals surface area contributed by atoms with Gasteiger partial charge in [0.1, 0.15) is 11.5 Å². The summed E-state index contributed by atoms with van der Waals surface area (Å²) in [5.41, 5.74) is 0.665. The van der Waals surface area contributed by atoms with Crippen molar-refractivity contribution in [1.29, 1.82) is 0 Å². The van der Waals surface area contributed by atoms with Gasteiger partial charge in [0.25, 0.3) is 5.56 Å². The lowest BCUT2D eigenvalue weighted by atomic mass is 9.87. The molecule has 130 valence electrons. The number of hydrogen-bond donors (Lipinski definition) is 2. The van der Waals surface area contributed by atoms with E-state index in [1.165, 1.54) is 18.2 Å². The third-order valence-electron chi connectivity index (χ3n) is 4.08. The summed E-state index contributed by atoms with van der Waals surface area (Å²) in [6, 6.07) is 7.52. The molecule has 5 nitrogen and oxygen atoms in total. The molecule has 1 aliphatic heterocycles. The van der Waals surface area contributed by atoms with Crippen LogP contribution in [-0.2, 0) is 6.42 Å². The summed E-state index contributed by atoms with van der Waals surface area (Å²) < 4.78 is 45.5. The van der Waals surface area contributed by atoms with Crippen LogP contribution in [0.15, 0.2) is 39.6 Å². The molecule has 1 aromatic heterocycles. The van der Waals surface area contributed by atoms with Crippen molar-refractivity contribution in [3.63, 3.8) is 0 Å². The number of rotatable bonds is 4. The summed E-state index contributed by atoms with van der Waals surface area (Å²) in [5.74, 6) is 0.582. The fourth-order valence-corrected chi connectivity index (χ4v) is 3.03. The summed E-state index contributed by atoms with van der Waals surface area (Å²) in [4.78, 5) is 11.2. The fraction of sp³-hybridized carbons (Fsp3) is 0.438. The van der Waals surface area contributed by atoms with E-state index in [1.54, 1.807) is 12.1 Å². The first kappa shape index (κ1) is 16.6. The molecule has 2 atom stereocenters. The molecule has 2 heterocycles. The summed E-state index contributed by atoms with van der Waals surface area (Å²) in [6.07, 6.45) is -2.34. The van der Waals surface area contributed by atoms with Crippen LogP contribution >= 0.6 is 0 Å². The molecule has 24 heavy (non-hydrogen) atoms. The summed E-state index contributed by atoms with van der Waals surface area (Å²) in [5, 5.41) is 5.68. The Morgan fingerprint density at radius 1 is 1.25 bits per heavy atom. The van der Waals surface area contributed by atoms with E-state index in [9.17, 15) is 18.0 Å². The molecule has 1 saturated heterocycles. The lowest BCUT2D eigenvalue weighted by molar-refractivity contribution is -0.274. The Bertz CT molecular complexity index is 721. The van der Waals surface area contributed by atoms with Crippen LogP contribution in [0.5, 0.6) is 5.75 Å². The van der Waals surface area contributed by atoms with Gasteiger partial charge in [-0.25, -0.2) is 0 Å². The van der Waals surface area contributed by atoms with Crippen molar-refractivity contribution in [2.24, 2.45) is 0 Å². The average Bonchev–Trinajstić information content (AvgIpc) is 2.95. The zero-order valence-electron chi connectivity index (χ0n) is 12.7. The number of alkyl halides is 3. The smallest absolute Gasteiger partial charge is 0.406 e. The van der Waals surface area contributed by atoms with Crippen molar-refractivity contribution in [2.45, 2.75) is 37.6 Å². The number of benzene rings is 1. The predicted molar refractivity (Wildman–Crippen MR) is 79.9 cm³/mol. The predicted octanol–water partition coefficient (Wildman–Crippen LogP) is 2.94. The molecular weight excluding hydrogens is 325 g/mol. The largest absolute Gasteiger partial charge is 0.573 e. The third kappa shape index (κ3) is 4.41. The molecule has 1 fully saturated rings. The Morgan fingerprint density at radius 2 is 2.00 bits per heavy atom. The minimum atomic E-state index is -4.68. The number of nitrogens with one attached hydrogen (secondary N) is 2. The van der Waals surface area contributed by atoms with Crippen molar-refractivity contribution >= 4 is 0 Å². The Balaban J connectivity index is 1.60.